The Balaban J connectivity index is 2.27. The zero-order valence-corrected chi connectivity index (χ0v) is 8.01. The minimum Gasteiger partial charge on any atom is -0.397 e. The number of aromatic nitrogens is 3. The van der Waals surface area contributed by atoms with Crippen molar-refractivity contribution in [1.29, 1.82) is 0 Å². The summed E-state index contributed by atoms with van der Waals surface area (Å²) in [6, 6.07) is 5.77. The van der Waals surface area contributed by atoms with E-state index in [0.29, 0.717) is 0 Å². The summed E-state index contributed by atoms with van der Waals surface area (Å²) in [5, 5.41) is 0. The van der Waals surface area contributed by atoms with Crippen molar-refractivity contribution in [2.45, 2.75) is 0 Å². The van der Waals surface area contributed by atoms with E-state index in [9.17, 15) is 0 Å². The molecule has 4 nitrogen and oxygen atoms in total. The second-order valence-electron chi connectivity index (χ2n) is 3.43. The third-order valence-electron chi connectivity index (χ3n) is 2.41. The normalized spacial score (nSPS) is 10.9. The van der Waals surface area contributed by atoms with Crippen molar-refractivity contribution in [3.8, 4) is 5.69 Å². The van der Waals surface area contributed by atoms with Crippen molar-refractivity contribution >= 4 is 16.7 Å². The van der Waals surface area contributed by atoms with E-state index in [0.717, 1.165) is 22.4 Å². The number of nitrogens with two attached hydrogens (primary N) is 1. The Labute approximate surface area is 86.4 Å². The average Bonchev–Trinajstić information content (AvgIpc) is 2.83. The zero-order chi connectivity index (χ0) is 10.3. The largest absolute Gasteiger partial charge is 0.397 e. The smallest absolute Gasteiger partial charge is 0.112 e. The first-order chi connectivity index (χ1) is 7.34. The molecule has 3 N–H and O–H groups in total. The van der Waals surface area contributed by atoms with Crippen LogP contribution in [0.3, 0.4) is 0 Å². The molecule has 0 unspecified atom stereocenters. The number of hydrogen-bond donors (Lipinski definition) is 2. The van der Waals surface area contributed by atoms with Crippen molar-refractivity contribution in [1.82, 2.24) is 14.5 Å². The Hall–Kier alpha value is -2.23. The van der Waals surface area contributed by atoms with Gasteiger partial charge in [-0.05, 0) is 18.2 Å². The average molecular weight is 198 g/mol. The standard InChI is InChI=1S/C11H10N4/c12-8-3-5-15(7-8)10-6-14-9-2-1-4-13-11(9)10/h1-7,14H,12H2. The van der Waals surface area contributed by atoms with Crippen molar-refractivity contribution in [2.75, 3.05) is 5.73 Å². The Morgan fingerprint density at radius 2 is 2.27 bits per heavy atom. The molecular formula is C11H10N4. The molecule has 3 aromatic heterocycles. The molecule has 0 saturated carbocycles. The van der Waals surface area contributed by atoms with E-state index in [1.54, 1.807) is 6.20 Å². The molecule has 0 bridgehead atoms. The third-order valence-corrected chi connectivity index (χ3v) is 2.41. The molecule has 74 valence electrons. The van der Waals surface area contributed by atoms with Crippen molar-refractivity contribution in [2.24, 2.45) is 0 Å². The highest BCUT2D eigenvalue weighted by molar-refractivity contribution is 5.84. The Morgan fingerprint density at radius 3 is 3.07 bits per heavy atom. The maximum absolute atomic E-state index is 5.68. The number of nitrogens with zero attached hydrogens (tertiary/aromatic N) is 2. The highest BCUT2D eigenvalue weighted by Crippen LogP contribution is 2.20. The van der Waals surface area contributed by atoms with E-state index < -0.39 is 0 Å². The Bertz CT molecular complexity index is 606. The van der Waals surface area contributed by atoms with Gasteiger partial charge in [0.25, 0.3) is 0 Å². The van der Waals surface area contributed by atoms with Crippen LogP contribution in [0.1, 0.15) is 0 Å². The van der Waals surface area contributed by atoms with E-state index in [1.165, 1.54) is 0 Å². The number of hydrogen-bond acceptors (Lipinski definition) is 2. The van der Waals surface area contributed by atoms with Gasteiger partial charge in [0, 0.05) is 30.5 Å². The fourth-order valence-electron chi connectivity index (χ4n) is 1.70. The minimum atomic E-state index is 0.750. The van der Waals surface area contributed by atoms with Gasteiger partial charge in [-0.1, -0.05) is 0 Å². The van der Waals surface area contributed by atoms with Gasteiger partial charge in [0.2, 0.25) is 0 Å². The molecule has 0 aliphatic rings. The van der Waals surface area contributed by atoms with Crippen LogP contribution in [0.2, 0.25) is 0 Å². The third kappa shape index (κ3) is 1.19. The topological polar surface area (TPSA) is 59.6 Å². The number of nitrogens with one attached hydrogen (secondary N) is 1. The fraction of sp³-hybridized carbons (Fsp3) is 0. The highest BCUT2D eigenvalue weighted by Gasteiger charge is 2.05. The molecule has 15 heavy (non-hydrogen) atoms. The lowest BCUT2D eigenvalue weighted by Crippen LogP contribution is -1.89. The predicted octanol–water partition coefficient (Wildman–Crippen LogP) is 1.94. The number of rotatable bonds is 1. The van der Waals surface area contributed by atoms with Crippen LogP contribution >= 0.6 is 0 Å². The number of nitrogen functional groups attached to an aromatic ring is 1. The van der Waals surface area contributed by atoms with Gasteiger partial charge in [0.15, 0.2) is 0 Å². The molecule has 0 aliphatic heterocycles. The van der Waals surface area contributed by atoms with Crippen LogP contribution in [0.5, 0.6) is 0 Å². The summed E-state index contributed by atoms with van der Waals surface area (Å²) in [6.07, 6.45) is 7.51. The van der Waals surface area contributed by atoms with E-state index in [-0.39, 0.29) is 0 Å². The van der Waals surface area contributed by atoms with Gasteiger partial charge in [-0.15, -0.1) is 0 Å². The molecule has 0 saturated heterocycles. The number of pyridine rings is 1. The van der Waals surface area contributed by atoms with Crippen LogP contribution in [0, 0.1) is 0 Å². The molecule has 4 heteroatoms. The van der Waals surface area contributed by atoms with Gasteiger partial charge < -0.3 is 15.3 Å². The summed E-state index contributed by atoms with van der Waals surface area (Å²) in [5.41, 5.74) is 9.42. The van der Waals surface area contributed by atoms with Crippen LogP contribution in [0.4, 0.5) is 5.69 Å². The SMILES string of the molecule is Nc1ccn(-c2c[nH]c3cccnc23)c1. The van der Waals surface area contributed by atoms with E-state index in [4.69, 9.17) is 5.73 Å². The van der Waals surface area contributed by atoms with Crippen LogP contribution in [0.15, 0.2) is 43.0 Å². The van der Waals surface area contributed by atoms with Crippen LogP contribution in [0.25, 0.3) is 16.7 Å². The zero-order valence-electron chi connectivity index (χ0n) is 8.01. The first kappa shape index (κ1) is 8.11. The van der Waals surface area contributed by atoms with Crippen LogP contribution < -0.4 is 5.73 Å². The molecule has 3 heterocycles. The summed E-state index contributed by atoms with van der Waals surface area (Å²) >= 11 is 0. The van der Waals surface area contributed by atoms with Crippen LogP contribution in [-0.4, -0.2) is 14.5 Å². The second kappa shape index (κ2) is 2.88. The molecule has 0 aromatic carbocycles. The lowest BCUT2D eigenvalue weighted by molar-refractivity contribution is 1.09. The number of aromatic amines is 1. The van der Waals surface area contributed by atoms with Crippen molar-refractivity contribution in [3.63, 3.8) is 0 Å². The summed E-state index contributed by atoms with van der Waals surface area (Å²) in [4.78, 5) is 7.51. The summed E-state index contributed by atoms with van der Waals surface area (Å²) < 4.78 is 1.96. The van der Waals surface area contributed by atoms with Crippen molar-refractivity contribution in [3.05, 3.63) is 43.0 Å². The van der Waals surface area contributed by atoms with Crippen molar-refractivity contribution < 1.29 is 0 Å². The van der Waals surface area contributed by atoms with Gasteiger partial charge in [0.05, 0.1) is 11.2 Å². The molecule has 0 aliphatic carbocycles. The molecule has 3 aromatic rings. The first-order valence-corrected chi connectivity index (χ1v) is 4.70. The molecule has 0 radical (unpaired) electrons. The molecule has 0 atom stereocenters. The number of anilines is 1. The Morgan fingerprint density at radius 1 is 1.33 bits per heavy atom. The van der Waals surface area contributed by atoms with Gasteiger partial charge in [-0.2, -0.15) is 0 Å². The maximum atomic E-state index is 5.68. The van der Waals surface area contributed by atoms with E-state index in [1.807, 2.05) is 41.4 Å². The lowest BCUT2D eigenvalue weighted by atomic mass is 10.3. The van der Waals surface area contributed by atoms with Gasteiger partial charge in [-0.3, -0.25) is 4.98 Å². The molecular weight excluding hydrogens is 188 g/mol. The minimum absolute atomic E-state index is 0.750. The van der Waals surface area contributed by atoms with Gasteiger partial charge >= 0.3 is 0 Å². The number of H-pyrrole nitrogens is 1. The highest BCUT2D eigenvalue weighted by atomic mass is 15.0. The monoisotopic (exact) mass is 198 g/mol. The quantitative estimate of drug-likeness (QED) is 0.627. The van der Waals surface area contributed by atoms with E-state index in [2.05, 4.69) is 9.97 Å². The molecule has 0 spiro atoms. The molecule has 0 fully saturated rings. The van der Waals surface area contributed by atoms with Gasteiger partial charge in [-0.25, -0.2) is 0 Å². The summed E-state index contributed by atoms with van der Waals surface area (Å²) in [7, 11) is 0. The molecule has 0 amide bonds. The van der Waals surface area contributed by atoms with Gasteiger partial charge in [0.1, 0.15) is 5.52 Å². The first-order valence-electron chi connectivity index (χ1n) is 4.70. The number of fused-ring (bicyclic) bond motifs is 1. The summed E-state index contributed by atoms with van der Waals surface area (Å²) in [6.45, 7) is 0. The van der Waals surface area contributed by atoms with E-state index >= 15 is 0 Å². The lowest BCUT2D eigenvalue weighted by Gasteiger charge is -1.98. The predicted molar refractivity (Wildman–Crippen MR) is 59.8 cm³/mol. The fourth-order valence-corrected chi connectivity index (χ4v) is 1.70. The summed E-state index contributed by atoms with van der Waals surface area (Å²) in [5.74, 6) is 0. The maximum Gasteiger partial charge on any atom is 0.112 e. The molecule has 3 rings (SSSR count). The van der Waals surface area contributed by atoms with Crippen LogP contribution in [-0.2, 0) is 0 Å². The Kier molecular flexibility index (Phi) is 1.56. The second-order valence-corrected chi connectivity index (χ2v) is 3.43.